The van der Waals surface area contributed by atoms with Crippen LogP contribution >= 0.6 is 23.2 Å². The van der Waals surface area contributed by atoms with E-state index in [1.165, 1.54) is 19.2 Å². The van der Waals surface area contributed by atoms with Gasteiger partial charge in [-0.15, -0.1) is 0 Å². The van der Waals surface area contributed by atoms with Gasteiger partial charge in [-0.2, -0.15) is 0 Å². The molecule has 0 aliphatic carbocycles. The van der Waals surface area contributed by atoms with Gasteiger partial charge in [0.25, 0.3) is 5.91 Å². The van der Waals surface area contributed by atoms with Crippen molar-refractivity contribution in [2.24, 2.45) is 0 Å². The SMILES string of the molecule is COC(=O)c1ccc(Cl)cc1OCC(=O)NCc1cccc(Cl)c1. The van der Waals surface area contributed by atoms with E-state index in [2.05, 4.69) is 10.1 Å². The van der Waals surface area contributed by atoms with Crippen LogP contribution in [0.15, 0.2) is 42.5 Å². The van der Waals surface area contributed by atoms with E-state index in [1.807, 2.05) is 6.07 Å². The molecule has 0 aromatic heterocycles. The lowest BCUT2D eigenvalue weighted by atomic mass is 10.2. The minimum atomic E-state index is -0.569. The van der Waals surface area contributed by atoms with E-state index in [0.29, 0.717) is 16.6 Å². The number of hydrogen-bond acceptors (Lipinski definition) is 4. The standard InChI is InChI=1S/C17H15Cl2NO4/c1-23-17(22)14-6-5-13(19)8-15(14)24-10-16(21)20-9-11-3-2-4-12(18)7-11/h2-8H,9-10H2,1H3,(H,20,21). The molecule has 0 aliphatic heterocycles. The second-order valence-corrected chi connectivity index (χ2v) is 5.70. The summed E-state index contributed by atoms with van der Waals surface area (Å²) in [6.07, 6.45) is 0. The van der Waals surface area contributed by atoms with Gasteiger partial charge >= 0.3 is 5.97 Å². The van der Waals surface area contributed by atoms with Crippen LogP contribution in [0.4, 0.5) is 0 Å². The number of methoxy groups -OCH3 is 1. The molecule has 126 valence electrons. The Morgan fingerprint density at radius 1 is 1.08 bits per heavy atom. The molecule has 0 atom stereocenters. The third-order valence-corrected chi connectivity index (χ3v) is 3.56. The Kier molecular flexibility index (Phi) is 6.46. The molecule has 0 spiro atoms. The van der Waals surface area contributed by atoms with Crippen molar-refractivity contribution in [2.75, 3.05) is 13.7 Å². The average Bonchev–Trinajstić information content (AvgIpc) is 2.57. The second-order valence-electron chi connectivity index (χ2n) is 4.83. The van der Waals surface area contributed by atoms with Crippen LogP contribution in [0.1, 0.15) is 15.9 Å². The van der Waals surface area contributed by atoms with Crippen molar-refractivity contribution in [2.45, 2.75) is 6.54 Å². The number of nitrogens with one attached hydrogen (secondary N) is 1. The largest absolute Gasteiger partial charge is 0.483 e. The lowest BCUT2D eigenvalue weighted by Gasteiger charge is -2.11. The van der Waals surface area contributed by atoms with Gasteiger partial charge in [0.1, 0.15) is 11.3 Å². The summed E-state index contributed by atoms with van der Waals surface area (Å²) in [7, 11) is 1.26. The molecule has 0 fully saturated rings. The zero-order valence-electron chi connectivity index (χ0n) is 12.8. The van der Waals surface area contributed by atoms with E-state index < -0.39 is 5.97 Å². The molecule has 0 radical (unpaired) electrons. The predicted octanol–water partition coefficient (Wildman–Crippen LogP) is 3.48. The minimum Gasteiger partial charge on any atom is -0.483 e. The maximum atomic E-state index is 11.9. The van der Waals surface area contributed by atoms with Gasteiger partial charge in [-0.3, -0.25) is 4.79 Å². The molecule has 1 N–H and O–H groups in total. The molecule has 7 heteroatoms. The average molecular weight is 368 g/mol. The topological polar surface area (TPSA) is 64.6 Å². The molecule has 0 bridgehead atoms. The zero-order chi connectivity index (χ0) is 17.5. The molecule has 2 rings (SSSR count). The Balaban J connectivity index is 1.94. The molecular formula is C17H15Cl2NO4. The van der Waals surface area contributed by atoms with Crippen molar-refractivity contribution < 1.29 is 19.1 Å². The van der Waals surface area contributed by atoms with Crippen LogP contribution in [0.5, 0.6) is 5.75 Å². The van der Waals surface area contributed by atoms with Crippen LogP contribution in [-0.2, 0) is 16.1 Å². The molecule has 0 heterocycles. The first-order valence-corrected chi connectivity index (χ1v) is 7.77. The number of benzene rings is 2. The summed E-state index contributed by atoms with van der Waals surface area (Å²) in [6, 6.07) is 11.6. The quantitative estimate of drug-likeness (QED) is 0.793. The summed E-state index contributed by atoms with van der Waals surface area (Å²) < 4.78 is 10.1. The molecule has 0 saturated carbocycles. The summed E-state index contributed by atoms with van der Waals surface area (Å²) in [5, 5.41) is 3.68. The van der Waals surface area contributed by atoms with E-state index in [-0.39, 0.29) is 23.8 Å². The van der Waals surface area contributed by atoms with Gasteiger partial charge in [-0.05, 0) is 35.9 Å². The zero-order valence-corrected chi connectivity index (χ0v) is 14.4. The van der Waals surface area contributed by atoms with Gasteiger partial charge in [0.2, 0.25) is 0 Å². The van der Waals surface area contributed by atoms with Crippen molar-refractivity contribution in [3.8, 4) is 5.75 Å². The van der Waals surface area contributed by atoms with Crippen molar-refractivity contribution in [3.05, 3.63) is 63.6 Å². The van der Waals surface area contributed by atoms with Crippen LogP contribution in [0.25, 0.3) is 0 Å². The molecule has 0 saturated heterocycles. The number of carbonyl (C=O) groups is 2. The highest BCUT2D eigenvalue weighted by atomic mass is 35.5. The fourth-order valence-corrected chi connectivity index (χ4v) is 2.31. The Morgan fingerprint density at radius 2 is 1.83 bits per heavy atom. The molecule has 0 aliphatic rings. The number of carbonyl (C=O) groups excluding carboxylic acids is 2. The first-order valence-electron chi connectivity index (χ1n) is 7.01. The van der Waals surface area contributed by atoms with Crippen LogP contribution in [0, 0.1) is 0 Å². The highest BCUT2D eigenvalue weighted by molar-refractivity contribution is 6.31. The summed E-state index contributed by atoms with van der Waals surface area (Å²) in [5.41, 5.74) is 1.07. The van der Waals surface area contributed by atoms with Gasteiger partial charge < -0.3 is 14.8 Å². The molecular weight excluding hydrogens is 353 g/mol. The third kappa shape index (κ3) is 5.15. The first kappa shape index (κ1) is 18.1. The predicted molar refractivity (Wildman–Crippen MR) is 91.6 cm³/mol. The number of halogens is 2. The van der Waals surface area contributed by atoms with Crippen molar-refractivity contribution >= 4 is 35.1 Å². The van der Waals surface area contributed by atoms with Gasteiger partial charge in [-0.1, -0.05) is 35.3 Å². The summed E-state index contributed by atoms with van der Waals surface area (Å²) in [5.74, 6) is -0.723. The number of rotatable bonds is 6. The smallest absolute Gasteiger partial charge is 0.341 e. The number of amides is 1. The monoisotopic (exact) mass is 367 g/mol. The Hall–Kier alpha value is -2.24. The Labute approximate surface area is 149 Å². The van der Waals surface area contributed by atoms with Crippen LogP contribution in [-0.4, -0.2) is 25.6 Å². The molecule has 1 amide bonds. The van der Waals surface area contributed by atoms with Crippen LogP contribution in [0.2, 0.25) is 10.0 Å². The van der Waals surface area contributed by atoms with E-state index in [9.17, 15) is 9.59 Å². The van der Waals surface area contributed by atoms with Gasteiger partial charge in [0.15, 0.2) is 6.61 Å². The lowest BCUT2D eigenvalue weighted by Crippen LogP contribution is -2.28. The molecule has 24 heavy (non-hydrogen) atoms. The van der Waals surface area contributed by atoms with Gasteiger partial charge in [0.05, 0.1) is 7.11 Å². The molecule has 0 unspecified atom stereocenters. The van der Waals surface area contributed by atoms with Gasteiger partial charge in [-0.25, -0.2) is 4.79 Å². The highest BCUT2D eigenvalue weighted by Crippen LogP contribution is 2.24. The van der Waals surface area contributed by atoms with E-state index >= 15 is 0 Å². The van der Waals surface area contributed by atoms with Crippen molar-refractivity contribution in [3.63, 3.8) is 0 Å². The fourth-order valence-electron chi connectivity index (χ4n) is 1.94. The Morgan fingerprint density at radius 3 is 2.54 bits per heavy atom. The van der Waals surface area contributed by atoms with E-state index in [0.717, 1.165) is 5.56 Å². The fraction of sp³-hybridized carbons (Fsp3) is 0.176. The van der Waals surface area contributed by atoms with Gasteiger partial charge in [0, 0.05) is 16.6 Å². The minimum absolute atomic E-state index is 0.187. The summed E-state index contributed by atoms with van der Waals surface area (Å²) in [4.78, 5) is 23.6. The normalized spacial score (nSPS) is 10.1. The highest BCUT2D eigenvalue weighted by Gasteiger charge is 2.14. The lowest BCUT2D eigenvalue weighted by molar-refractivity contribution is -0.123. The number of esters is 1. The maximum absolute atomic E-state index is 11.9. The summed E-state index contributed by atoms with van der Waals surface area (Å²) in [6.45, 7) is 0.0626. The molecule has 5 nitrogen and oxygen atoms in total. The van der Waals surface area contributed by atoms with E-state index in [1.54, 1.807) is 24.3 Å². The van der Waals surface area contributed by atoms with E-state index in [4.69, 9.17) is 27.9 Å². The van der Waals surface area contributed by atoms with Crippen molar-refractivity contribution in [1.29, 1.82) is 0 Å². The van der Waals surface area contributed by atoms with Crippen molar-refractivity contribution in [1.82, 2.24) is 5.32 Å². The molecule has 2 aromatic carbocycles. The number of ether oxygens (including phenoxy) is 2. The molecule has 2 aromatic rings. The second kappa shape index (κ2) is 8.57. The Bertz CT molecular complexity index is 749. The number of hydrogen-bond donors (Lipinski definition) is 1. The summed E-state index contributed by atoms with van der Waals surface area (Å²) >= 11 is 11.8. The third-order valence-electron chi connectivity index (χ3n) is 3.09. The van der Waals surface area contributed by atoms with Crippen LogP contribution in [0.3, 0.4) is 0 Å². The maximum Gasteiger partial charge on any atom is 0.341 e. The first-order chi connectivity index (χ1) is 11.5. The van der Waals surface area contributed by atoms with Crippen LogP contribution < -0.4 is 10.1 Å².